The van der Waals surface area contributed by atoms with Gasteiger partial charge in [0.1, 0.15) is 0 Å². The first-order chi connectivity index (χ1) is 7.59. The van der Waals surface area contributed by atoms with Crippen molar-refractivity contribution in [1.29, 1.82) is 0 Å². The second kappa shape index (κ2) is 4.29. The van der Waals surface area contributed by atoms with E-state index in [1.165, 1.54) is 4.90 Å². The van der Waals surface area contributed by atoms with Gasteiger partial charge in [-0.15, -0.1) is 0 Å². The number of morpholine rings is 1. The minimum absolute atomic E-state index is 0.0724. The molecule has 2 aliphatic rings. The number of hydrogen-bond donors (Lipinski definition) is 2. The van der Waals surface area contributed by atoms with E-state index >= 15 is 0 Å². The summed E-state index contributed by atoms with van der Waals surface area (Å²) in [6.45, 7) is 2.86. The lowest BCUT2D eigenvalue weighted by Crippen LogP contribution is -2.56. The molecule has 0 radical (unpaired) electrons. The lowest BCUT2D eigenvalue weighted by molar-refractivity contribution is -0.147. The van der Waals surface area contributed by atoms with Crippen LogP contribution in [-0.4, -0.2) is 53.8 Å². The molecule has 1 aliphatic carbocycles. The lowest BCUT2D eigenvalue weighted by Gasteiger charge is -2.32. The van der Waals surface area contributed by atoms with Crippen LogP contribution in [0.4, 0.5) is 4.79 Å². The Labute approximate surface area is 93.6 Å². The number of nitrogens with one attached hydrogen (secondary N) is 1. The number of urea groups is 1. The van der Waals surface area contributed by atoms with Crippen LogP contribution in [0.2, 0.25) is 0 Å². The molecule has 1 heterocycles. The van der Waals surface area contributed by atoms with Gasteiger partial charge in [0.2, 0.25) is 0 Å². The van der Waals surface area contributed by atoms with Crippen molar-refractivity contribution in [2.75, 3.05) is 19.8 Å². The smallest absolute Gasteiger partial charge is 0.328 e. The molecule has 6 nitrogen and oxygen atoms in total. The average Bonchev–Trinajstić information content (AvgIpc) is 2.94. The SMILES string of the molecule is CC1CC1NC(=O)N1CCOCC1C(=O)O. The summed E-state index contributed by atoms with van der Waals surface area (Å²) in [5.74, 6) is -0.507. The minimum Gasteiger partial charge on any atom is -0.480 e. The average molecular weight is 228 g/mol. The summed E-state index contributed by atoms with van der Waals surface area (Å²) in [4.78, 5) is 24.1. The Hall–Kier alpha value is -1.30. The monoisotopic (exact) mass is 228 g/mol. The zero-order valence-electron chi connectivity index (χ0n) is 9.18. The Morgan fingerprint density at radius 2 is 2.19 bits per heavy atom. The molecule has 2 amide bonds. The van der Waals surface area contributed by atoms with Gasteiger partial charge < -0.3 is 20.1 Å². The summed E-state index contributed by atoms with van der Waals surface area (Å²) in [5.41, 5.74) is 0. The minimum atomic E-state index is -1.02. The largest absolute Gasteiger partial charge is 0.480 e. The summed E-state index contributed by atoms with van der Waals surface area (Å²) >= 11 is 0. The molecule has 3 atom stereocenters. The third-order valence-corrected chi connectivity index (χ3v) is 3.09. The number of carbonyl (C=O) groups excluding carboxylic acids is 1. The van der Waals surface area contributed by atoms with E-state index in [-0.39, 0.29) is 18.7 Å². The number of carboxylic acids is 1. The summed E-state index contributed by atoms with van der Waals surface area (Å²) in [7, 11) is 0. The van der Waals surface area contributed by atoms with Gasteiger partial charge in [0.15, 0.2) is 6.04 Å². The summed E-state index contributed by atoms with van der Waals surface area (Å²) in [6.07, 6.45) is 0.980. The van der Waals surface area contributed by atoms with E-state index in [9.17, 15) is 9.59 Å². The van der Waals surface area contributed by atoms with Gasteiger partial charge >= 0.3 is 12.0 Å². The van der Waals surface area contributed by atoms with E-state index in [1.807, 2.05) is 0 Å². The van der Waals surface area contributed by atoms with Gasteiger partial charge in [-0.25, -0.2) is 9.59 Å². The molecule has 0 aromatic heterocycles. The topological polar surface area (TPSA) is 78.9 Å². The molecule has 0 aromatic rings. The van der Waals surface area contributed by atoms with Crippen LogP contribution in [0.25, 0.3) is 0 Å². The van der Waals surface area contributed by atoms with E-state index < -0.39 is 12.0 Å². The van der Waals surface area contributed by atoms with Crippen molar-refractivity contribution in [2.45, 2.75) is 25.4 Å². The lowest BCUT2D eigenvalue weighted by atomic mass is 10.2. The van der Waals surface area contributed by atoms with Crippen LogP contribution in [-0.2, 0) is 9.53 Å². The van der Waals surface area contributed by atoms with Crippen LogP contribution >= 0.6 is 0 Å². The molecule has 6 heteroatoms. The highest BCUT2D eigenvalue weighted by molar-refractivity contribution is 5.83. The third kappa shape index (κ3) is 2.27. The fourth-order valence-corrected chi connectivity index (χ4v) is 1.82. The standard InChI is InChI=1S/C10H16N2O4/c1-6-4-7(6)11-10(15)12-2-3-16-5-8(12)9(13)14/h6-8H,2-5H2,1H3,(H,11,15)(H,13,14). The molecule has 1 aliphatic heterocycles. The van der Waals surface area contributed by atoms with Crippen molar-refractivity contribution in [3.8, 4) is 0 Å². The van der Waals surface area contributed by atoms with E-state index in [2.05, 4.69) is 12.2 Å². The third-order valence-electron chi connectivity index (χ3n) is 3.09. The van der Waals surface area contributed by atoms with Crippen LogP contribution < -0.4 is 5.32 Å². The highest BCUT2D eigenvalue weighted by Gasteiger charge is 2.38. The Morgan fingerprint density at radius 3 is 2.75 bits per heavy atom. The van der Waals surface area contributed by atoms with E-state index in [0.29, 0.717) is 19.1 Å². The zero-order valence-corrected chi connectivity index (χ0v) is 9.18. The zero-order chi connectivity index (χ0) is 11.7. The number of amides is 2. The second-order valence-corrected chi connectivity index (χ2v) is 4.39. The van der Waals surface area contributed by atoms with E-state index in [0.717, 1.165) is 6.42 Å². The first-order valence-electron chi connectivity index (χ1n) is 5.47. The number of nitrogens with zero attached hydrogens (tertiary/aromatic N) is 1. The maximum Gasteiger partial charge on any atom is 0.328 e. The number of rotatable bonds is 2. The van der Waals surface area contributed by atoms with Gasteiger partial charge in [0, 0.05) is 12.6 Å². The number of hydrogen-bond acceptors (Lipinski definition) is 3. The molecule has 0 spiro atoms. The fraction of sp³-hybridized carbons (Fsp3) is 0.800. The van der Waals surface area contributed by atoms with E-state index in [4.69, 9.17) is 9.84 Å². The van der Waals surface area contributed by atoms with Crippen LogP contribution in [0.3, 0.4) is 0 Å². The Kier molecular flexibility index (Phi) is 3.00. The van der Waals surface area contributed by atoms with Gasteiger partial charge in [-0.3, -0.25) is 0 Å². The highest BCUT2D eigenvalue weighted by atomic mass is 16.5. The quantitative estimate of drug-likeness (QED) is 0.691. The first-order valence-corrected chi connectivity index (χ1v) is 5.47. The molecule has 90 valence electrons. The summed E-state index contributed by atoms with van der Waals surface area (Å²) in [5, 5.41) is 11.8. The predicted octanol–water partition coefficient (Wildman–Crippen LogP) is -0.110. The van der Waals surface area contributed by atoms with Crippen molar-refractivity contribution in [3.63, 3.8) is 0 Å². The number of carboxylic acid groups (broad SMARTS) is 1. The molecular weight excluding hydrogens is 212 g/mol. The van der Waals surface area contributed by atoms with Crippen LogP contribution in [0.15, 0.2) is 0 Å². The predicted molar refractivity (Wildman–Crippen MR) is 55.0 cm³/mol. The highest BCUT2D eigenvalue weighted by Crippen LogP contribution is 2.29. The molecule has 0 aromatic carbocycles. The van der Waals surface area contributed by atoms with Gasteiger partial charge in [0.05, 0.1) is 13.2 Å². The Morgan fingerprint density at radius 1 is 1.50 bits per heavy atom. The molecule has 2 rings (SSSR count). The molecular formula is C10H16N2O4. The summed E-state index contributed by atoms with van der Waals surface area (Å²) in [6, 6.07) is -0.933. The van der Waals surface area contributed by atoms with Gasteiger partial charge in [0.25, 0.3) is 0 Å². The molecule has 3 unspecified atom stereocenters. The van der Waals surface area contributed by atoms with Crippen LogP contribution in [0, 0.1) is 5.92 Å². The fourth-order valence-electron chi connectivity index (χ4n) is 1.82. The van der Waals surface area contributed by atoms with Crippen molar-refractivity contribution >= 4 is 12.0 Å². The molecule has 1 saturated carbocycles. The Balaban J connectivity index is 1.94. The molecule has 2 N–H and O–H groups in total. The first kappa shape index (κ1) is 11.2. The molecule has 0 bridgehead atoms. The van der Waals surface area contributed by atoms with E-state index in [1.54, 1.807) is 0 Å². The van der Waals surface area contributed by atoms with Crippen molar-refractivity contribution in [2.24, 2.45) is 5.92 Å². The van der Waals surface area contributed by atoms with Gasteiger partial charge in [-0.05, 0) is 12.3 Å². The Bertz CT molecular complexity index is 307. The number of aliphatic carboxylic acids is 1. The number of ether oxygens (including phenoxy) is 1. The van der Waals surface area contributed by atoms with Crippen molar-refractivity contribution in [1.82, 2.24) is 10.2 Å². The molecule has 2 fully saturated rings. The normalized spacial score (nSPS) is 33.3. The van der Waals surface area contributed by atoms with Crippen molar-refractivity contribution in [3.05, 3.63) is 0 Å². The molecule has 16 heavy (non-hydrogen) atoms. The van der Waals surface area contributed by atoms with Gasteiger partial charge in [-0.1, -0.05) is 6.92 Å². The van der Waals surface area contributed by atoms with Crippen LogP contribution in [0.5, 0.6) is 0 Å². The maximum atomic E-state index is 11.8. The maximum absolute atomic E-state index is 11.8. The number of carbonyl (C=O) groups is 2. The van der Waals surface area contributed by atoms with Crippen molar-refractivity contribution < 1.29 is 19.4 Å². The summed E-state index contributed by atoms with van der Waals surface area (Å²) < 4.78 is 5.06. The second-order valence-electron chi connectivity index (χ2n) is 4.39. The van der Waals surface area contributed by atoms with Crippen LogP contribution in [0.1, 0.15) is 13.3 Å². The van der Waals surface area contributed by atoms with Gasteiger partial charge in [-0.2, -0.15) is 0 Å². The molecule has 1 saturated heterocycles.